The largest absolute Gasteiger partial charge is 0.494 e. The van der Waals surface area contributed by atoms with Crippen molar-refractivity contribution in [1.82, 2.24) is 5.32 Å². The fraction of sp³-hybridized carbons (Fsp3) is 0.500. The molecule has 0 bridgehead atoms. The van der Waals surface area contributed by atoms with E-state index < -0.39 is 10.5 Å². The second-order valence-electron chi connectivity index (χ2n) is 5.06. The van der Waals surface area contributed by atoms with Gasteiger partial charge in [0.1, 0.15) is 5.75 Å². The van der Waals surface area contributed by atoms with Gasteiger partial charge in [0.05, 0.1) is 29.3 Å². The summed E-state index contributed by atoms with van der Waals surface area (Å²) in [6, 6.07) is 4.14. The zero-order valence-corrected chi connectivity index (χ0v) is 12.1. The first kappa shape index (κ1) is 15.2. The number of nitrogens with zero attached hydrogens (tertiary/aromatic N) is 1. The maximum absolute atomic E-state index is 12.5. The molecule has 1 aromatic rings. The van der Waals surface area contributed by atoms with E-state index in [2.05, 4.69) is 10.6 Å². The summed E-state index contributed by atoms with van der Waals surface area (Å²) in [5.41, 5.74) is -0.198. The Morgan fingerprint density at radius 1 is 1.57 bits per heavy atom. The minimum Gasteiger partial charge on any atom is -0.494 e. The van der Waals surface area contributed by atoms with Crippen molar-refractivity contribution in [3.05, 3.63) is 28.3 Å². The minimum atomic E-state index is -0.563. The van der Waals surface area contributed by atoms with Crippen molar-refractivity contribution in [1.29, 1.82) is 0 Å². The maximum Gasteiger partial charge on any atom is 0.273 e. The van der Waals surface area contributed by atoms with E-state index in [0.29, 0.717) is 12.1 Å². The van der Waals surface area contributed by atoms with E-state index in [1.165, 1.54) is 25.3 Å². The van der Waals surface area contributed by atoms with Gasteiger partial charge in [-0.2, -0.15) is 0 Å². The van der Waals surface area contributed by atoms with Gasteiger partial charge >= 0.3 is 0 Å². The van der Waals surface area contributed by atoms with Crippen LogP contribution in [-0.4, -0.2) is 30.0 Å². The molecule has 1 aliphatic heterocycles. The lowest BCUT2D eigenvalue weighted by Crippen LogP contribution is -2.50. The molecule has 1 aliphatic rings. The van der Waals surface area contributed by atoms with Gasteiger partial charge in [0.15, 0.2) is 0 Å². The highest BCUT2D eigenvalue weighted by Crippen LogP contribution is 2.31. The first-order valence-electron chi connectivity index (χ1n) is 6.91. The van der Waals surface area contributed by atoms with Crippen LogP contribution in [0.15, 0.2) is 18.2 Å². The van der Waals surface area contributed by atoms with E-state index in [1.54, 1.807) is 0 Å². The predicted molar refractivity (Wildman–Crippen MR) is 78.5 cm³/mol. The van der Waals surface area contributed by atoms with Crippen molar-refractivity contribution in [2.75, 3.05) is 19.0 Å². The Bertz CT molecular complexity index is 553. The monoisotopic (exact) mass is 293 g/mol. The van der Waals surface area contributed by atoms with E-state index in [4.69, 9.17) is 4.74 Å². The van der Waals surface area contributed by atoms with Crippen LogP contribution < -0.4 is 15.4 Å². The maximum atomic E-state index is 12.5. The van der Waals surface area contributed by atoms with Crippen LogP contribution in [0.25, 0.3) is 0 Å². The average Bonchev–Trinajstić information content (AvgIpc) is 2.97. The summed E-state index contributed by atoms with van der Waals surface area (Å²) in [4.78, 5) is 22.8. The Hall–Kier alpha value is -2.15. The van der Waals surface area contributed by atoms with E-state index in [1.807, 2.05) is 6.92 Å². The third-order valence-electron chi connectivity index (χ3n) is 3.93. The Morgan fingerprint density at radius 2 is 2.33 bits per heavy atom. The summed E-state index contributed by atoms with van der Waals surface area (Å²) in [5, 5.41) is 16.8. The molecule has 0 spiro atoms. The standard InChI is InChI=1S/C14H19N3O4/c1-3-14(7-4-8-15-14)13(18)16-11-6-5-10(17(19)20)9-12(11)21-2/h5-6,9,15H,3-4,7-8H2,1-2H3,(H,16,18). The molecule has 1 aromatic carbocycles. The van der Waals surface area contributed by atoms with E-state index in [0.717, 1.165) is 19.4 Å². The van der Waals surface area contributed by atoms with E-state index >= 15 is 0 Å². The molecule has 21 heavy (non-hydrogen) atoms. The van der Waals surface area contributed by atoms with Crippen LogP contribution in [0.4, 0.5) is 11.4 Å². The molecule has 2 N–H and O–H groups in total. The molecule has 0 aliphatic carbocycles. The second kappa shape index (κ2) is 6.09. The number of ether oxygens (including phenoxy) is 1. The van der Waals surface area contributed by atoms with Crippen molar-refractivity contribution >= 4 is 17.3 Å². The zero-order chi connectivity index (χ0) is 15.5. The smallest absolute Gasteiger partial charge is 0.273 e. The Kier molecular flexibility index (Phi) is 4.42. The van der Waals surface area contributed by atoms with Crippen molar-refractivity contribution in [2.24, 2.45) is 0 Å². The number of benzene rings is 1. The molecule has 1 unspecified atom stereocenters. The number of hydrogen-bond acceptors (Lipinski definition) is 5. The van der Waals surface area contributed by atoms with Crippen LogP contribution in [0, 0.1) is 10.1 Å². The molecule has 1 amide bonds. The fourth-order valence-corrected chi connectivity index (χ4v) is 2.60. The van der Waals surface area contributed by atoms with Crippen LogP contribution in [-0.2, 0) is 4.79 Å². The third kappa shape index (κ3) is 2.97. The average molecular weight is 293 g/mol. The molecule has 0 aromatic heterocycles. The second-order valence-corrected chi connectivity index (χ2v) is 5.06. The number of anilines is 1. The van der Waals surface area contributed by atoms with Gasteiger partial charge in [-0.3, -0.25) is 14.9 Å². The number of rotatable bonds is 5. The summed E-state index contributed by atoms with van der Waals surface area (Å²) >= 11 is 0. The SMILES string of the molecule is CCC1(C(=O)Nc2ccc([N+](=O)[O-])cc2OC)CCCN1. The lowest BCUT2D eigenvalue weighted by molar-refractivity contribution is -0.384. The molecule has 1 atom stereocenters. The topological polar surface area (TPSA) is 93.5 Å². The Morgan fingerprint density at radius 3 is 2.86 bits per heavy atom. The number of nitrogens with one attached hydrogen (secondary N) is 2. The lowest BCUT2D eigenvalue weighted by atomic mass is 9.93. The summed E-state index contributed by atoms with van der Waals surface area (Å²) in [7, 11) is 1.41. The van der Waals surface area contributed by atoms with Crippen LogP contribution in [0.3, 0.4) is 0 Å². The van der Waals surface area contributed by atoms with E-state index in [-0.39, 0.29) is 17.3 Å². The first-order valence-corrected chi connectivity index (χ1v) is 6.91. The third-order valence-corrected chi connectivity index (χ3v) is 3.93. The van der Waals surface area contributed by atoms with Gasteiger partial charge in [-0.15, -0.1) is 0 Å². The molecular formula is C14H19N3O4. The highest BCUT2D eigenvalue weighted by Gasteiger charge is 2.39. The molecule has 114 valence electrons. The molecule has 7 heteroatoms. The Labute approximate surface area is 122 Å². The lowest BCUT2D eigenvalue weighted by Gasteiger charge is -2.27. The molecule has 7 nitrogen and oxygen atoms in total. The predicted octanol–water partition coefficient (Wildman–Crippen LogP) is 2.07. The van der Waals surface area contributed by atoms with Gasteiger partial charge in [0, 0.05) is 6.07 Å². The van der Waals surface area contributed by atoms with Gasteiger partial charge in [0.2, 0.25) is 5.91 Å². The van der Waals surface area contributed by atoms with Gasteiger partial charge in [0.25, 0.3) is 5.69 Å². The molecule has 1 saturated heterocycles. The molecule has 1 heterocycles. The van der Waals surface area contributed by atoms with E-state index in [9.17, 15) is 14.9 Å². The number of amides is 1. The zero-order valence-electron chi connectivity index (χ0n) is 12.1. The van der Waals surface area contributed by atoms with Crippen LogP contribution in [0.5, 0.6) is 5.75 Å². The number of carbonyl (C=O) groups excluding carboxylic acids is 1. The van der Waals surface area contributed by atoms with Crippen LogP contribution in [0.1, 0.15) is 26.2 Å². The summed E-state index contributed by atoms with van der Waals surface area (Å²) in [6.07, 6.45) is 2.43. The summed E-state index contributed by atoms with van der Waals surface area (Å²) < 4.78 is 5.13. The Balaban J connectivity index is 2.22. The number of hydrogen-bond donors (Lipinski definition) is 2. The minimum absolute atomic E-state index is 0.0750. The molecule has 1 fully saturated rings. The number of methoxy groups -OCH3 is 1. The molecular weight excluding hydrogens is 274 g/mol. The number of nitro benzene ring substituents is 1. The highest BCUT2D eigenvalue weighted by atomic mass is 16.6. The quantitative estimate of drug-likeness (QED) is 0.640. The first-order chi connectivity index (χ1) is 10.0. The van der Waals surface area contributed by atoms with Crippen molar-refractivity contribution in [2.45, 2.75) is 31.7 Å². The molecule has 2 rings (SSSR count). The normalized spacial score (nSPS) is 21.0. The van der Waals surface area contributed by atoms with Gasteiger partial charge in [-0.1, -0.05) is 6.92 Å². The van der Waals surface area contributed by atoms with Crippen molar-refractivity contribution < 1.29 is 14.5 Å². The number of nitro groups is 1. The summed E-state index contributed by atoms with van der Waals surface area (Å²) in [5.74, 6) is 0.149. The van der Waals surface area contributed by atoms with Crippen LogP contribution >= 0.6 is 0 Å². The number of carbonyl (C=O) groups is 1. The fourth-order valence-electron chi connectivity index (χ4n) is 2.60. The van der Waals surface area contributed by atoms with Gasteiger partial charge < -0.3 is 15.4 Å². The molecule has 0 radical (unpaired) electrons. The summed E-state index contributed by atoms with van der Waals surface area (Å²) in [6.45, 7) is 2.78. The molecule has 0 saturated carbocycles. The highest BCUT2D eigenvalue weighted by molar-refractivity contribution is 5.99. The number of non-ortho nitro benzene ring substituents is 1. The van der Waals surface area contributed by atoms with Crippen LogP contribution in [0.2, 0.25) is 0 Å². The van der Waals surface area contributed by atoms with Crippen molar-refractivity contribution in [3.63, 3.8) is 0 Å². The van der Waals surface area contributed by atoms with Crippen molar-refractivity contribution in [3.8, 4) is 5.75 Å². The van der Waals surface area contributed by atoms with Gasteiger partial charge in [-0.25, -0.2) is 0 Å². The van der Waals surface area contributed by atoms with Gasteiger partial charge in [-0.05, 0) is 31.9 Å².